The van der Waals surface area contributed by atoms with E-state index in [9.17, 15) is 24.0 Å². The molecule has 0 aliphatic rings. The van der Waals surface area contributed by atoms with Crippen LogP contribution >= 0.6 is 0 Å². The monoisotopic (exact) mass is 899 g/mol. The number of benzene rings is 5. The number of anilines is 1. The Hall–Kier alpha value is -7.68. The van der Waals surface area contributed by atoms with Crippen LogP contribution in [0.15, 0.2) is 127 Å². The van der Waals surface area contributed by atoms with E-state index in [1.165, 1.54) is 18.2 Å². The van der Waals surface area contributed by atoms with Crippen LogP contribution in [0.2, 0.25) is 0 Å². The van der Waals surface area contributed by atoms with Gasteiger partial charge in [-0.3, -0.25) is 25.2 Å². The predicted octanol–water partition coefficient (Wildman–Crippen LogP) is 9.26. The first-order chi connectivity index (χ1) is 31.4. The molecule has 15 nitrogen and oxygen atoms in total. The Morgan fingerprint density at radius 1 is 0.682 bits per heavy atom. The quantitative estimate of drug-likeness (QED) is 0.0175. The van der Waals surface area contributed by atoms with E-state index in [0.717, 1.165) is 27.1 Å². The van der Waals surface area contributed by atoms with Gasteiger partial charge in [-0.2, -0.15) is 0 Å². The number of rotatable bonds is 17. The molecule has 0 saturated carbocycles. The summed E-state index contributed by atoms with van der Waals surface area (Å²) in [6, 6.07) is 28.3. The van der Waals surface area contributed by atoms with E-state index in [4.69, 9.17) is 23.7 Å². The van der Waals surface area contributed by atoms with Gasteiger partial charge < -0.3 is 34.3 Å². The number of carbonyl (C=O) groups is 5. The Kier molecular flexibility index (Phi) is 17.0. The lowest BCUT2D eigenvalue weighted by Crippen LogP contribution is -2.47. The maximum absolute atomic E-state index is 14.0. The summed E-state index contributed by atoms with van der Waals surface area (Å²) in [5.74, 6) is -1.07. The first-order valence-electron chi connectivity index (χ1n) is 21.4. The molecule has 5 aromatic rings. The van der Waals surface area contributed by atoms with Crippen molar-refractivity contribution in [2.24, 2.45) is 4.99 Å². The summed E-state index contributed by atoms with van der Waals surface area (Å²) in [7, 11) is 0. The van der Waals surface area contributed by atoms with Crippen LogP contribution in [0.25, 0.3) is 32.7 Å². The van der Waals surface area contributed by atoms with Gasteiger partial charge in [-0.25, -0.2) is 14.4 Å². The molecular formula is C51H57N5O10. The molecule has 346 valence electrons. The van der Waals surface area contributed by atoms with Crippen molar-refractivity contribution in [3.8, 4) is 22.6 Å². The van der Waals surface area contributed by atoms with Crippen LogP contribution in [0.1, 0.15) is 64.7 Å². The van der Waals surface area contributed by atoms with Gasteiger partial charge in [-0.1, -0.05) is 92.0 Å². The van der Waals surface area contributed by atoms with E-state index in [-0.39, 0.29) is 49.8 Å². The number of guanidine groups is 1. The Morgan fingerprint density at radius 3 is 1.80 bits per heavy atom. The fourth-order valence-corrected chi connectivity index (χ4v) is 6.62. The SMILES string of the molecule is C=CCOC(=O)c1cccc(NC(=O)[C@@H](CCCN=C(NC(=O)OC(C)(C)C)NC(=O)OC(C)(C)C)NC(=O)COc2ccc3ccccc3c2-c2c(OCC=C)ccc3ccccc23)c1. The molecule has 0 bridgehead atoms. The minimum Gasteiger partial charge on any atom is -0.489 e. The smallest absolute Gasteiger partial charge is 0.414 e. The number of hydrogen-bond donors (Lipinski definition) is 4. The number of nitrogens with one attached hydrogen (secondary N) is 4. The van der Waals surface area contributed by atoms with Gasteiger partial charge in [0.15, 0.2) is 6.61 Å². The average molecular weight is 900 g/mol. The number of aliphatic imine (C=N–C) groups is 1. The molecule has 66 heavy (non-hydrogen) atoms. The Bertz CT molecular complexity index is 2580. The minimum absolute atomic E-state index is 0.00325. The van der Waals surface area contributed by atoms with Gasteiger partial charge in [-0.15, -0.1) is 0 Å². The standard InChI is InChI=1S/C51H57N5O10/c1-9-29-62-40-26-24-33-17-11-13-21-37(33)43(40)44-38-22-14-12-18-34(38)25-27-41(44)64-32-42(57)54-39(45(58)53-36-20-15-19-35(31-36)46(59)63-30-10-2)23-16-28-52-47(55-48(60)65-50(3,4)5)56-49(61)66-51(6,7)8/h9-15,17-22,24-27,31,39H,1-2,16,23,28-30,32H2,3-8H3,(H,53,58)(H,54,57)(H2,52,55,56,60,61)/t39-/m1/s1. The minimum atomic E-state index is -1.15. The summed E-state index contributed by atoms with van der Waals surface area (Å²) in [5, 5.41) is 14.1. The van der Waals surface area contributed by atoms with E-state index in [1.807, 2.05) is 66.7 Å². The first kappa shape index (κ1) is 49.3. The molecule has 0 aliphatic heterocycles. The molecule has 15 heteroatoms. The molecule has 5 aromatic carbocycles. The van der Waals surface area contributed by atoms with Gasteiger partial charge in [0.05, 0.1) is 5.56 Å². The third-order valence-corrected chi connectivity index (χ3v) is 9.26. The maximum atomic E-state index is 14.0. The highest BCUT2D eigenvalue weighted by Gasteiger charge is 2.25. The van der Waals surface area contributed by atoms with Crippen molar-refractivity contribution < 1.29 is 47.7 Å². The molecular weight excluding hydrogens is 843 g/mol. The van der Waals surface area contributed by atoms with Crippen LogP contribution in [0.4, 0.5) is 15.3 Å². The first-order valence-corrected chi connectivity index (χ1v) is 21.4. The lowest BCUT2D eigenvalue weighted by atomic mass is 9.92. The predicted molar refractivity (Wildman–Crippen MR) is 256 cm³/mol. The maximum Gasteiger partial charge on any atom is 0.414 e. The van der Waals surface area contributed by atoms with E-state index in [1.54, 1.807) is 65.8 Å². The highest BCUT2D eigenvalue weighted by molar-refractivity contribution is 6.10. The fourth-order valence-electron chi connectivity index (χ4n) is 6.62. The van der Waals surface area contributed by atoms with Gasteiger partial charge >= 0.3 is 18.2 Å². The molecule has 0 saturated heterocycles. The van der Waals surface area contributed by atoms with Crippen LogP contribution in [0, 0.1) is 0 Å². The van der Waals surface area contributed by atoms with E-state index in [2.05, 4.69) is 39.4 Å². The number of fused-ring (bicyclic) bond motifs is 2. The molecule has 0 heterocycles. The highest BCUT2D eigenvalue weighted by Crippen LogP contribution is 2.45. The summed E-state index contributed by atoms with van der Waals surface area (Å²) in [6.45, 7) is 17.2. The lowest BCUT2D eigenvalue weighted by molar-refractivity contribution is -0.128. The number of nitrogens with zero attached hydrogens (tertiary/aromatic N) is 1. The van der Waals surface area contributed by atoms with Crippen molar-refractivity contribution in [1.82, 2.24) is 16.0 Å². The normalized spacial score (nSPS) is 11.6. The molecule has 0 unspecified atom stereocenters. The van der Waals surface area contributed by atoms with Crippen LogP contribution in [0.5, 0.6) is 11.5 Å². The van der Waals surface area contributed by atoms with Crippen molar-refractivity contribution in [1.29, 1.82) is 0 Å². The highest BCUT2D eigenvalue weighted by atomic mass is 16.6. The van der Waals surface area contributed by atoms with Crippen molar-refractivity contribution in [2.45, 2.75) is 71.6 Å². The molecule has 0 fully saturated rings. The number of alkyl carbamates (subject to hydrolysis) is 2. The largest absolute Gasteiger partial charge is 0.489 e. The van der Waals surface area contributed by atoms with Crippen molar-refractivity contribution in [3.63, 3.8) is 0 Å². The van der Waals surface area contributed by atoms with E-state index < -0.39 is 53.8 Å². The number of hydrogen-bond acceptors (Lipinski definition) is 11. The molecule has 0 aromatic heterocycles. The second-order valence-electron chi connectivity index (χ2n) is 16.9. The number of ether oxygens (including phenoxy) is 5. The summed E-state index contributed by atoms with van der Waals surface area (Å²) in [5.41, 5.74) is 0.268. The number of amides is 4. The van der Waals surface area contributed by atoms with Gasteiger partial charge in [0.1, 0.15) is 42.0 Å². The third kappa shape index (κ3) is 14.7. The fraction of sp³-hybridized carbons (Fsp3) is 0.294. The molecule has 1 atom stereocenters. The van der Waals surface area contributed by atoms with Crippen LogP contribution < -0.4 is 30.7 Å². The van der Waals surface area contributed by atoms with Crippen LogP contribution in [-0.4, -0.2) is 79.5 Å². The van der Waals surface area contributed by atoms with Gasteiger partial charge in [0.2, 0.25) is 11.9 Å². The second-order valence-corrected chi connectivity index (χ2v) is 16.9. The summed E-state index contributed by atoms with van der Waals surface area (Å²) in [6.07, 6.45) is 1.58. The molecule has 5 rings (SSSR count). The summed E-state index contributed by atoms with van der Waals surface area (Å²) in [4.78, 5) is 70.2. The Morgan fingerprint density at radius 2 is 1.24 bits per heavy atom. The second kappa shape index (κ2) is 22.8. The van der Waals surface area contributed by atoms with E-state index in [0.29, 0.717) is 17.1 Å². The molecule has 0 radical (unpaired) electrons. The number of carbonyl (C=O) groups excluding carboxylic acids is 5. The van der Waals surface area contributed by atoms with Crippen molar-refractivity contribution >= 4 is 63.2 Å². The van der Waals surface area contributed by atoms with Crippen LogP contribution in [-0.2, 0) is 23.8 Å². The molecule has 0 aliphatic carbocycles. The Labute approximate surface area is 384 Å². The zero-order valence-electron chi connectivity index (χ0n) is 38.2. The zero-order chi connectivity index (χ0) is 47.9. The topological polar surface area (TPSA) is 192 Å². The van der Waals surface area contributed by atoms with E-state index >= 15 is 0 Å². The summed E-state index contributed by atoms with van der Waals surface area (Å²) >= 11 is 0. The van der Waals surface area contributed by atoms with Crippen LogP contribution in [0.3, 0.4) is 0 Å². The lowest BCUT2D eigenvalue weighted by Gasteiger charge is -2.22. The summed E-state index contributed by atoms with van der Waals surface area (Å²) < 4.78 is 28.4. The van der Waals surface area contributed by atoms with Gasteiger partial charge in [0, 0.05) is 23.4 Å². The average Bonchev–Trinajstić information content (AvgIpc) is 3.26. The molecule has 4 amide bonds. The van der Waals surface area contributed by atoms with Crippen molar-refractivity contribution in [2.75, 3.05) is 31.7 Å². The molecule has 0 spiro atoms. The zero-order valence-corrected chi connectivity index (χ0v) is 38.2. The van der Waals surface area contributed by atoms with Gasteiger partial charge in [-0.05, 0) is 106 Å². The van der Waals surface area contributed by atoms with Gasteiger partial charge in [0.25, 0.3) is 5.91 Å². The van der Waals surface area contributed by atoms with Crippen molar-refractivity contribution in [3.05, 3.63) is 128 Å². The Balaban J connectivity index is 1.41. The third-order valence-electron chi connectivity index (χ3n) is 9.26. The number of esters is 1. The molecule has 4 N–H and O–H groups in total.